The van der Waals surface area contributed by atoms with Gasteiger partial charge in [0.05, 0.1) is 27.5 Å². The number of anilines is 2. The predicted molar refractivity (Wildman–Crippen MR) is 176 cm³/mol. The summed E-state index contributed by atoms with van der Waals surface area (Å²) in [6, 6.07) is 7.80. The van der Waals surface area contributed by atoms with Crippen LogP contribution in [-0.2, 0) is 4.79 Å². The predicted octanol–water partition coefficient (Wildman–Crippen LogP) is 5.81. The number of carbonyl (C=O) groups is 1. The van der Waals surface area contributed by atoms with Crippen molar-refractivity contribution in [1.29, 1.82) is 0 Å². The van der Waals surface area contributed by atoms with Crippen LogP contribution in [0.4, 0.5) is 15.9 Å². The van der Waals surface area contributed by atoms with E-state index >= 15 is 4.39 Å². The lowest BCUT2D eigenvalue weighted by Crippen LogP contribution is -2.60. The smallest absolute Gasteiger partial charge is 0.354 e. The van der Waals surface area contributed by atoms with Gasteiger partial charge in [-0.15, -0.1) is 0 Å². The summed E-state index contributed by atoms with van der Waals surface area (Å²) in [6.45, 7) is 12.7. The highest BCUT2D eigenvalue weighted by molar-refractivity contribution is 6.38. The number of aromatic nitrogens is 3. The van der Waals surface area contributed by atoms with Gasteiger partial charge in [-0.1, -0.05) is 50.2 Å². The van der Waals surface area contributed by atoms with Crippen LogP contribution in [0.3, 0.4) is 0 Å². The number of phenolic OH excluding ortho intramolecular Hbond substituents is 1. The van der Waals surface area contributed by atoms with Crippen LogP contribution in [0.25, 0.3) is 27.7 Å². The van der Waals surface area contributed by atoms with E-state index in [1.165, 1.54) is 16.7 Å². The highest BCUT2D eigenvalue weighted by Crippen LogP contribution is 2.49. The molecule has 1 amide bonds. The Hall–Kier alpha value is -4.44. The Labute approximate surface area is 266 Å². The monoisotopic (exact) mass is 630 g/mol. The second-order valence-corrected chi connectivity index (χ2v) is 12.6. The second-order valence-electron chi connectivity index (χ2n) is 12.2. The third-order valence-corrected chi connectivity index (χ3v) is 9.39. The summed E-state index contributed by atoms with van der Waals surface area (Å²) in [5.74, 6) is -0.832. The van der Waals surface area contributed by atoms with E-state index in [0.29, 0.717) is 54.3 Å². The summed E-state index contributed by atoms with van der Waals surface area (Å²) < 4.78 is 18.8. The molecule has 1 saturated heterocycles. The molecule has 11 heteroatoms. The Morgan fingerprint density at radius 1 is 1.20 bits per heavy atom. The Morgan fingerprint density at radius 2 is 1.93 bits per heavy atom. The van der Waals surface area contributed by atoms with Crippen LogP contribution in [0, 0.1) is 12.7 Å². The van der Waals surface area contributed by atoms with E-state index < -0.39 is 11.5 Å². The first-order chi connectivity index (χ1) is 21.5. The summed E-state index contributed by atoms with van der Waals surface area (Å²) in [5, 5.41) is 11.4. The fourth-order valence-electron chi connectivity index (χ4n) is 6.78. The number of amides is 1. The van der Waals surface area contributed by atoms with E-state index in [0.717, 1.165) is 5.56 Å². The first kappa shape index (κ1) is 30.6. The summed E-state index contributed by atoms with van der Waals surface area (Å²) in [6.07, 6.45) is 3.61. The van der Waals surface area contributed by atoms with E-state index in [4.69, 9.17) is 11.6 Å². The molecule has 6 rings (SSSR count). The van der Waals surface area contributed by atoms with Crippen LogP contribution in [0.5, 0.6) is 5.75 Å². The molecule has 2 aliphatic rings. The van der Waals surface area contributed by atoms with Crippen LogP contribution >= 0.6 is 11.6 Å². The number of aromatic hydroxyl groups is 1. The van der Waals surface area contributed by atoms with Crippen LogP contribution in [0.1, 0.15) is 44.4 Å². The average molecular weight is 631 g/mol. The van der Waals surface area contributed by atoms with Crippen molar-refractivity contribution >= 4 is 39.9 Å². The third kappa shape index (κ3) is 4.82. The highest BCUT2D eigenvalue weighted by atomic mass is 35.5. The topological polar surface area (TPSA) is 94.8 Å². The standard InChI is InChI=1S/C34H36ClFN6O3/c1-7-24(44)40-17-21-13-15-39(6)31-26-32(28(36)25(27(31)35)22-10-8-9-11-23(22)43)42(30-19(4)12-14-37-29(30)18(2)3)34(45)38-33(26)41(21)16-20(40)5/h7-12,14,18,20-21,43H,1,13,15-17H2,2-6H3. The zero-order valence-electron chi connectivity index (χ0n) is 26.0. The van der Waals surface area contributed by atoms with Crippen molar-refractivity contribution in [2.45, 2.75) is 52.1 Å². The Bertz CT molecular complexity index is 1920. The Morgan fingerprint density at radius 3 is 2.62 bits per heavy atom. The molecule has 2 unspecified atom stereocenters. The molecule has 2 aromatic carbocycles. The molecule has 2 atom stereocenters. The van der Waals surface area contributed by atoms with Crippen LogP contribution in [0.2, 0.25) is 5.02 Å². The molecule has 0 radical (unpaired) electrons. The molecular formula is C34H36ClFN6O3. The number of piperazine rings is 1. The average Bonchev–Trinajstić information content (AvgIpc) is 3.00. The van der Waals surface area contributed by atoms with Crippen molar-refractivity contribution in [1.82, 2.24) is 19.4 Å². The molecule has 1 N–H and O–H groups in total. The molecular weight excluding hydrogens is 595 g/mol. The van der Waals surface area contributed by atoms with Gasteiger partial charge in [0, 0.05) is 56.1 Å². The van der Waals surface area contributed by atoms with E-state index in [1.54, 1.807) is 35.4 Å². The van der Waals surface area contributed by atoms with Crippen LogP contribution in [-0.4, -0.2) is 69.2 Å². The number of phenols is 1. The van der Waals surface area contributed by atoms with E-state index in [1.807, 2.05) is 44.5 Å². The fraction of sp³-hybridized carbons (Fsp3) is 0.353. The normalized spacial score (nSPS) is 18.2. The number of hydrogen-bond donors (Lipinski definition) is 1. The summed E-state index contributed by atoms with van der Waals surface area (Å²) in [7, 11) is 1.87. The maximum Gasteiger partial charge on any atom is 0.354 e. The van der Waals surface area contributed by atoms with Gasteiger partial charge in [0.15, 0.2) is 5.82 Å². The van der Waals surface area contributed by atoms with Crippen molar-refractivity contribution in [2.24, 2.45) is 0 Å². The van der Waals surface area contributed by atoms with Crippen molar-refractivity contribution in [3.05, 3.63) is 81.8 Å². The maximum atomic E-state index is 17.5. The van der Waals surface area contributed by atoms with E-state index in [2.05, 4.69) is 16.5 Å². The Kier molecular flexibility index (Phi) is 7.81. The first-order valence-electron chi connectivity index (χ1n) is 15.1. The number of hydrogen-bond acceptors (Lipinski definition) is 7. The lowest BCUT2D eigenvalue weighted by Gasteiger charge is -2.47. The van der Waals surface area contributed by atoms with Crippen molar-refractivity contribution in [2.75, 3.05) is 36.5 Å². The number of halogens is 2. The zero-order chi connectivity index (χ0) is 32.3. The maximum absolute atomic E-state index is 17.5. The summed E-state index contributed by atoms with van der Waals surface area (Å²) >= 11 is 7.16. The van der Waals surface area contributed by atoms with Crippen LogP contribution < -0.4 is 15.5 Å². The number of benzene rings is 2. The molecule has 4 aromatic rings. The third-order valence-electron chi connectivity index (χ3n) is 9.02. The fourth-order valence-corrected chi connectivity index (χ4v) is 7.21. The molecule has 2 aliphatic heterocycles. The quantitative estimate of drug-likeness (QED) is 0.285. The molecule has 9 nitrogen and oxygen atoms in total. The molecule has 0 bridgehead atoms. The SMILES string of the molecule is C=CC(=O)N1CC2CCN(C)c3c(Cl)c(-c4ccccc4O)c(F)c4c3c(nc(=O)n4-c3c(C)ccnc3C(C)C)N2CC1C. The van der Waals surface area contributed by atoms with Gasteiger partial charge in [-0.25, -0.2) is 9.18 Å². The number of aryl methyl sites for hydroxylation is 1. The van der Waals surface area contributed by atoms with Gasteiger partial charge in [-0.05, 0) is 50.0 Å². The van der Waals surface area contributed by atoms with Gasteiger partial charge < -0.3 is 19.8 Å². The molecule has 234 valence electrons. The molecule has 0 saturated carbocycles. The van der Waals surface area contributed by atoms with Crippen molar-refractivity contribution in [3.8, 4) is 22.6 Å². The summed E-state index contributed by atoms with van der Waals surface area (Å²) in [4.78, 5) is 42.1. The lowest BCUT2D eigenvalue weighted by molar-refractivity contribution is -0.128. The first-order valence-corrected chi connectivity index (χ1v) is 15.5. The molecule has 1 fully saturated rings. The molecule has 0 spiro atoms. The Balaban J connectivity index is 1.79. The second kappa shape index (κ2) is 11.5. The number of para-hydroxylation sites is 1. The minimum atomic E-state index is -0.752. The minimum absolute atomic E-state index is 0.00500. The summed E-state index contributed by atoms with van der Waals surface area (Å²) in [5.41, 5.74) is 1.87. The number of pyridine rings is 1. The van der Waals surface area contributed by atoms with E-state index in [-0.39, 0.29) is 51.3 Å². The molecule has 4 heterocycles. The van der Waals surface area contributed by atoms with Gasteiger partial charge in [-0.2, -0.15) is 4.98 Å². The molecule has 2 aromatic heterocycles. The number of nitrogens with zero attached hydrogens (tertiary/aromatic N) is 6. The molecule has 45 heavy (non-hydrogen) atoms. The van der Waals surface area contributed by atoms with Gasteiger partial charge in [0.25, 0.3) is 0 Å². The van der Waals surface area contributed by atoms with Crippen molar-refractivity contribution in [3.63, 3.8) is 0 Å². The number of rotatable bonds is 4. The number of fused-ring (bicyclic) bond motifs is 2. The van der Waals surface area contributed by atoms with Gasteiger partial charge in [0.2, 0.25) is 5.91 Å². The minimum Gasteiger partial charge on any atom is -0.507 e. The van der Waals surface area contributed by atoms with Gasteiger partial charge in [0.1, 0.15) is 17.1 Å². The lowest BCUT2D eigenvalue weighted by atomic mass is 9.96. The van der Waals surface area contributed by atoms with E-state index in [9.17, 15) is 14.7 Å². The highest BCUT2D eigenvalue weighted by Gasteiger charge is 2.39. The number of carbonyl (C=O) groups excluding carboxylic acids is 1. The molecule has 0 aliphatic carbocycles. The largest absolute Gasteiger partial charge is 0.507 e. The van der Waals surface area contributed by atoms with Gasteiger partial charge in [-0.3, -0.25) is 14.3 Å². The van der Waals surface area contributed by atoms with Gasteiger partial charge >= 0.3 is 5.69 Å². The van der Waals surface area contributed by atoms with Crippen molar-refractivity contribution < 1.29 is 14.3 Å². The zero-order valence-corrected chi connectivity index (χ0v) is 26.8. The van der Waals surface area contributed by atoms with Crippen LogP contribution in [0.15, 0.2) is 54.0 Å².